The first-order valence-electron chi connectivity index (χ1n) is 13.0. The predicted molar refractivity (Wildman–Crippen MR) is 151 cm³/mol. The third-order valence-corrected chi connectivity index (χ3v) is 8.97. The van der Waals surface area contributed by atoms with Crippen molar-refractivity contribution in [3.8, 4) is 5.75 Å². The van der Waals surface area contributed by atoms with E-state index in [1.807, 2.05) is 42.3 Å². The Morgan fingerprint density at radius 3 is 2.68 bits per heavy atom. The topological polar surface area (TPSA) is 59.1 Å². The van der Waals surface area contributed by atoms with E-state index in [-0.39, 0.29) is 41.8 Å². The molecular weight excluding hydrogens is 523 g/mol. The molecule has 4 unspecified atom stereocenters. The Labute approximate surface area is 235 Å². The molecule has 0 spiro atoms. The van der Waals surface area contributed by atoms with Gasteiger partial charge in [-0.15, -0.1) is 6.58 Å². The van der Waals surface area contributed by atoms with Crippen LogP contribution in [-0.4, -0.2) is 67.6 Å². The van der Waals surface area contributed by atoms with Gasteiger partial charge in [0.15, 0.2) is 0 Å². The molecule has 1 aliphatic carbocycles. The molecule has 38 heavy (non-hydrogen) atoms. The lowest BCUT2D eigenvalue weighted by atomic mass is 9.56. The van der Waals surface area contributed by atoms with Gasteiger partial charge in [0.25, 0.3) is 0 Å². The zero-order valence-electron chi connectivity index (χ0n) is 22.3. The van der Waals surface area contributed by atoms with Crippen molar-refractivity contribution in [2.24, 2.45) is 5.92 Å². The van der Waals surface area contributed by atoms with E-state index in [0.29, 0.717) is 15.8 Å². The number of likely N-dealkylation sites (tertiary alicyclic amines) is 1. The second-order valence-electron chi connectivity index (χ2n) is 10.5. The third kappa shape index (κ3) is 6.09. The summed E-state index contributed by atoms with van der Waals surface area (Å²) in [6, 6.07) is 13.2. The molecule has 0 radical (unpaired) electrons. The van der Waals surface area contributed by atoms with Crippen LogP contribution in [0.4, 0.5) is 0 Å². The molecule has 0 N–H and O–H groups in total. The summed E-state index contributed by atoms with van der Waals surface area (Å²) in [5, 5.41) is 0.913. The van der Waals surface area contributed by atoms with Crippen LogP contribution in [0.3, 0.4) is 0 Å². The average molecular weight is 560 g/mol. The van der Waals surface area contributed by atoms with Gasteiger partial charge in [-0.2, -0.15) is 0 Å². The number of benzene rings is 2. The van der Waals surface area contributed by atoms with Gasteiger partial charge in [-0.05, 0) is 61.2 Å². The Morgan fingerprint density at radius 1 is 1.21 bits per heavy atom. The van der Waals surface area contributed by atoms with Gasteiger partial charge in [0.2, 0.25) is 5.91 Å². The third-order valence-electron chi connectivity index (χ3n) is 8.23. The quantitative estimate of drug-likeness (QED) is 0.242. The fourth-order valence-corrected chi connectivity index (χ4v) is 6.64. The second-order valence-corrected chi connectivity index (χ2v) is 11.3. The molecule has 2 fully saturated rings. The molecule has 0 aromatic heterocycles. The van der Waals surface area contributed by atoms with E-state index in [2.05, 4.69) is 17.5 Å². The molecule has 204 valence electrons. The molecule has 1 saturated carbocycles. The number of rotatable bonds is 8. The van der Waals surface area contributed by atoms with Gasteiger partial charge in [0, 0.05) is 51.5 Å². The van der Waals surface area contributed by atoms with Crippen LogP contribution in [0.25, 0.3) is 0 Å². The molecule has 0 bridgehead atoms. The van der Waals surface area contributed by atoms with E-state index in [0.717, 1.165) is 50.0 Å². The lowest BCUT2D eigenvalue weighted by molar-refractivity contribution is -0.137. The Balaban J connectivity index is 1.66. The minimum Gasteiger partial charge on any atom is -0.427 e. The highest BCUT2D eigenvalue weighted by atomic mass is 35.5. The van der Waals surface area contributed by atoms with Gasteiger partial charge < -0.3 is 14.4 Å². The predicted octanol–water partition coefficient (Wildman–Crippen LogP) is 5.54. The number of ether oxygens (including phenoxy) is 2. The van der Waals surface area contributed by atoms with Crippen molar-refractivity contribution in [3.05, 3.63) is 76.3 Å². The molecule has 2 aromatic carbocycles. The van der Waals surface area contributed by atoms with Crippen molar-refractivity contribution in [1.82, 2.24) is 9.80 Å². The standard InChI is InChI=1S/C30H36Cl2N2O4/c1-5-12-34-13-11-30(22-7-6-8-24(16-22)38-20(2)35)18-23(17-28(37-4)25(30)19-34)33(3)29(36)15-21-9-10-26(31)27(32)14-21/h5-10,14,16,23,25,28H,1,11-13,15,17-19H2,2-4H3. The summed E-state index contributed by atoms with van der Waals surface area (Å²) in [6.45, 7) is 7.94. The number of methoxy groups -OCH3 is 1. The van der Waals surface area contributed by atoms with E-state index in [1.165, 1.54) is 6.92 Å². The molecule has 4 atom stereocenters. The monoisotopic (exact) mass is 558 g/mol. The second kappa shape index (κ2) is 12.2. The van der Waals surface area contributed by atoms with E-state index in [9.17, 15) is 9.59 Å². The molecule has 4 rings (SSSR count). The van der Waals surface area contributed by atoms with Crippen molar-refractivity contribution in [2.75, 3.05) is 33.8 Å². The molecule has 8 heteroatoms. The van der Waals surface area contributed by atoms with Crippen LogP contribution in [0.1, 0.15) is 37.3 Å². The van der Waals surface area contributed by atoms with Gasteiger partial charge in [0.05, 0.1) is 22.6 Å². The zero-order valence-corrected chi connectivity index (χ0v) is 23.8. The van der Waals surface area contributed by atoms with Gasteiger partial charge in [-0.1, -0.05) is 47.5 Å². The molecule has 1 heterocycles. The summed E-state index contributed by atoms with van der Waals surface area (Å²) in [5.74, 6) is 0.427. The van der Waals surface area contributed by atoms with E-state index in [1.54, 1.807) is 19.2 Å². The maximum atomic E-state index is 13.4. The molecule has 1 aliphatic heterocycles. The van der Waals surface area contributed by atoms with Crippen LogP contribution in [0.2, 0.25) is 10.0 Å². The number of hydrogen-bond acceptors (Lipinski definition) is 5. The first kappa shape index (κ1) is 28.6. The highest BCUT2D eigenvalue weighted by Gasteiger charge is 2.53. The van der Waals surface area contributed by atoms with Crippen LogP contribution < -0.4 is 4.74 Å². The molecule has 2 aromatic rings. The Kier molecular flexibility index (Phi) is 9.19. The Morgan fingerprint density at radius 2 is 2.00 bits per heavy atom. The first-order valence-corrected chi connectivity index (χ1v) is 13.8. The fraction of sp³-hybridized carbons (Fsp3) is 0.467. The smallest absolute Gasteiger partial charge is 0.308 e. The lowest BCUT2D eigenvalue weighted by Crippen LogP contribution is -2.61. The number of likely N-dealkylation sites (N-methyl/N-ethyl adjacent to an activating group) is 1. The van der Waals surface area contributed by atoms with Crippen LogP contribution in [-0.2, 0) is 26.2 Å². The summed E-state index contributed by atoms with van der Waals surface area (Å²) >= 11 is 12.3. The summed E-state index contributed by atoms with van der Waals surface area (Å²) < 4.78 is 11.6. The largest absolute Gasteiger partial charge is 0.427 e. The van der Waals surface area contributed by atoms with Crippen molar-refractivity contribution >= 4 is 35.1 Å². The number of halogens is 2. The molecular formula is C30H36Cl2N2O4. The maximum absolute atomic E-state index is 13.4. The van der Waals surface area contributed by atoms with Gasteiger partial charge in [-0.25, -0.2) is 0 Å². The number of hydrogen-bond donors (Lipinski definition) is 0. The summed E-state index contributed by atoms with van der Waals surface area (Å²) in [6.07, 6.45) is 4.59. The SMILES string of the molecule is C=CCN1CCC2(c3cccc(OC(C)=O)c3)CC(N(C)C(=O)Cc3ccc(Cl)c(Cl)c3)CC(OC)C2C1. The number of carbonyl (C=O) groups excluding carboxylic acids is 2. The number of esters is 1. The van der Waals surface area contributed by atoms with Crippen LogP contribution in [0.15, 0.2) is 55.1 Å². The number of fused-ring (bicyclic) bond motifs is 1. The Hall–Kier alpha value is -2.38. The highest BCUT2D eigenvalue weighted by molar-refractivity contribution is 6.42. The van der Waals surface area contributed by atoms with E-state index in [4.69, 9.17) is 32.7 Å². The number of piperidine rings is 1. The summed E-state index contributed by atoms with van der Waals surface area (Å²) in [7, 11) is 3.64. The van der Waals surface area contributed by atoms with Crippen molar-refractivity contribution in [2.45, 2.75) is 50.2 Å². The molecule has 1 amide bonds. The maximum Gasteiger partial charge on any atom is 0.308 e. The first-order chi connectivity index (χ1) is 18.2. The van der Waals surface area contributed by atoms with E-state index < -0.39 is 0 Å². The minimum atomic E-state index is -0.346. The number of carbonyl (C=O) groups is 2. The van der Waals surface area contributed by atoms with E-state index >= 15 is 0 Å². The van der Waals surface area contributed by atoms with Crippen molar-refractivity contribution < 1.29 is 19.1 Å². The van der Waals surface area contributed by atoms with Gasteiger partial charge in [0.1, 0.15) is 5.75 Å². The summed E-state index contributed by atoms with van der Waals surface area (Å²) in [4.78, 5) is 29.4. The minimum absolute atomic E-state index is 0.0187. The molecule has 1 saturated heterocycles. The summed E-state index contributed by atoms with van der Waals surface area (Å²) in [5.41, 5.74) is 1.71. The van der Waals surface area contributed by atoms with Gasteiger partial charge >= 0.3 is 5.97 Å². The van der Waals surface area contributed by atoms with Crippen molar-refractivity contribution in [1.29, 1.82) is 0 Å². The molecule has 2 aliphatic rings. The van der Waals surface area contributed by atoms with Gasteiger partial charge in [-0.3, -0.25) is 14.5 Å². The normalized spacial score (nSPS) is 25.3. The average Bonchev–Trinajstić information content (AvgIpc) is 2.89. The number of nitrogens with zero attached hydrogens (tertiary/aromatic N) is 2. The Bertz CT molecular complexity index is 1190. The van der Waals surface area contributed by atoms with Crippen molar-refractivity contribution in [3.63, 3.8) is 0 Å². The van der Waals surface area contributed by atoms with Crippen LogP contribution >= 0.6 is 23.2 Å². The lowest BCUT2D eigenvalue weighted by Gasteiger charge is -2.56. The highest BCUT2D eigenvalue weighted by Crippen LogP contribution is 2.51. The fourth-order valence-electron chi connectivity index (χ4n) is 6.32. The zero-order chi connectivity index (χ0) is 27.4. The van der Waals surface area contributed by atoms with Crippen LogP contribution in [0.5, 0.6) is 5.75 Å². The van der Waals surface area contributed by atoms with Crippen LogP contribution in [0, 0.1) is 5.92 Å². The molecule has 6 nitrogen and oxygen atoms in total. The number of amides is 1.